The summed E-state index contributed by atoms with van der Waals surface area (Å²) in [6.45, 7) is 5.96. The molecule has 0 bridgehead atoms. The lowest BCUT2D eigenvalue weighted by molar-refractivity contribution is 0.0175. The van der Waals surface area contributed by atoms with Crippen LogP contribution in [0.15, 0.2) is 78.9 Å². The molecule has 2 amide bonds. The van der Waals surface area contributed by atoms with Crippen molar-refractivity contribution in [3.05, 3.63) is 107 Å². The Morgan fingerprint density at radius 1 is 0.755 bits per heavy atom. The number of likely N-dealkylation sites (tertiary alicyclic amines) is 2. The first kappa shape index (κ1) is 31.9. The monoisotopic (exact) mass is 704 g/mol. The van der Waals surface area contributed by atoms with Crippen molar-refractivity contribution in [2.24, 2.45) is 11.8 Å². The average Bonchev–Trinajstić information content (AvgIpc) is 3.79. The fraction of sp³-hybridized carbons (Fsp3) is 0.349. The molecule has 6 aromatic rings. The SMILES string of the molecule is CC(C)(C)OC(=O)N1C2CC2C[C@H]1c1nc2ccc(C#Cc3ccc4c(ccc5[nH]c([C@@H]6C[C@H]7C[C@H]7N6C(=O)OCc6ccccc6)nc54)c3)cc2[nH]1. The van der Waals surface area contributed by atoms with Crippen LogP contribution in [-0.2, 0) is 16.1 Å². The summed E-state index contributed by atoms with van der Waals surface area (Å²) in [5, 5.41) is 2.09. The molecule has 4 aromatic carbocycles. The van der Waals surface area contributed by atoms with Crippen LogP contribution in [0.3, 0.4) is 0 Å². The topological polar surface area (TPSA) is 116 Å². The van der Waals surface area contributed by atoms with E-state index in [0.29, 0.717) is 11.8 Å². The summed E-state index contributed by atoms with van der Waals surface area (Å²) in [6.07, 6.45) is 3.30. The molecule has 2 saturated carbocycles. The Kier molecular flexibility index (Phi) is 7.13. The normalized spacial score (nSPS) is 24.2. The smallest absolute Gasteiger partial charge is 0.411 e. The number of carbonyl (C=O) groups is 2. The van der Waals surface area contributed by atoms with E-state index in [1.54, 1.807) is 0 Å². The first-order valence-electron chi connectivity index (χ1n) is 18.6. The van der Waals surface area contributed by atoms with Gasteiger partial charge in [-0.05, 0) is 106 Å². The highest BCUT2D eigenvalue weighted by molar-refractivity contribution is 6.04. The molecule has 10 heteroatoms. The molecule has 6 atom stereocenters. The second kappa shape index (κ2) is 11.9. The van der Waals surface area contributed by atoms with Crippen LogP contribution in [0.5, 0.6) is 0 Å². The van der Waals surface area contributed by atoms with Gasteiger partial charge in [0.2, 0.25) is 0 Å². The molecule has 10 nitrogen and oxygen atoms in total. The number of nitrogens with zero attached hydrogens (tertiary/aromatic N) is 4. The molecule has 0 radical (unpaired) electrons. The number of rotatable bonds is 4. The minimum Gasteiger partial charge on any atom is -0.445 e. The van der Waals surface area contributed by atoms with Crippen molar-refractivity contribution in [2.45, 2.75) is 82.8 Å². The zero-order chi connectivity index (χ0) is 36.0. The third kappa shape index (κ3) is 5.85. The van der Waals surface area contributed by atoms with E-state index in [1.165, 1.54) is 0 Å². The van der Waals surface area contributed by atoms with E-state index in [0.717, 1.165) is 86.9 Å². The van der Waals surface area contributed by atoms with Crippen molar-refractivity contribution in [1.29, 1.82) is 0 Å². The molecule has 2 N–H and O–H groups in total. The number of nitrogens with one attached hydrogen (secondary N) is 2. The highest BCUT2D eigenvalue weighted by atomic mass is 16.6. The van der Waals surface area contributed by atoms with Crippen LogP contribution in [-0.4, -0.2) is 59.6 Å². The number of ether oxygens (including phenoxy) is 2. The van der Waals surface area contributed by atoms with Gasteiger partial charge in [-0.25, -0.2) is 19.6 Å². The molecule has 2 aliphatic heterocycles. The number of carbonyl (C=O) groups excluding carboxylic acids is 2. The molecule has 2 aromatic heterocycles. The zero-order valence-corrected chi connectivity index (χ0v) is 29.9. The summed E-state index contributed by atoms with van der Waals surface area (Å²) in [6, 6.07) is 26.3. The van der Waals surface area contributed by atoms with Gasteiger partial charge in [0, 0.05) is 28.6 Å². The Morgan fingerprint density at radius 3 is 2.15 bits per heavy atom. The van der Waals surface area contributed by atoms with E-state index >= 15 is 0 Å². The number of benzene rings is 4. The molecule has 10 rings (SSSR count). The molecule has 2 saturated heterocycles. The number of hydrogen-bond donors (Lipinski definition) is 2. The first-order chi connectivity index (χ1) is 25.6. The van der Waals surface area contributed by atoms with Crippen molar-refractivity contribution in [2.75, 3.05) is 0 Å². The third-order valence-electron chi connectivity index (χ3n) is 11.2. The molecule has 2 aliphatic carbocycles. The van der Waals surface area contributed by atoms with Gasteiger partial charge in [-0.2, -0.15) is 0 Å². The predicted molar refractivity (Wildman–Crippen MR) is 201 cm³/mol. The number of aromatic nitrogens is 4. The quantitative estimate of drug-likeness (QED) is 0.178. The van der Waals surface area contributed by atoms with E-state index < -0.39 is 5.60 Å². The van der Waals surface area contributed by atoms with Crippen LogP contribution >= 0.6 is 0 Å². The fourth-order valence-electron chi connectivity index (χ4n) is 8.50. The molecule has 2 unspecified atom stereocenters. The minimum atomic E-state index is -0.546. The molecule has 53 heavy (non-hydrogen) atoms. The summed E-state index contributed by atoms with van der Waals surface area (Å²) >= 11 is 0. The van der Waals surface area contributed by atoms with Gasteiger partial charge in [-0.3, -0.25) is 9.80 Å². The van der Waals surface area contributed by atoms with E-state index in [4.69, 9.17) is 19.4 Å². The van der Waals surface area contributed by atoms with Crippen molar-refractivity contribution < 1.29 is 19.1 Å². The number of aromatic amines is 2. The predicted octanol–water partition coefficient (Wildman–Crippen LogP) is 8.53. The van der Waals surface area contributed by atoms with Gasteiger partial charge in [0.1, 0.15) is 23.9 Å². The molecule has 4 fully saturated rings. The average molecular weight is 705 g/mol. The lowest BCUT2D eigenvalue weighted by atomic mass is 10.1. The Hall–Kier alpha value is -5.82. The summed E-state index contributed by atoms with van der Waals surface area (Å²) < 4.78 is 11.5. The van der Waals surface area contributed by atoms with Gasteiger partial charge < -0.3 is 19.4 Å². The summed E-state index contributed by atoms with van der Waals surface area (Å²) in [7, 11) is 0. The van der Waals surface area contributed by atoms with E-state index in [2.05, 4.69) is 46.1 Å². The molecule has 4 heterocycles. The Morgan fingerprint density at radius 2 is 1.42 bits per heavy atom. The van der Waals surface area contributed by atoms with E-state index in [9.17, 15) is 9.59 Å². The number of piperidine rings is 2. The molecular formula is C43H40N6O4. The van der Waals surface area contributed by atoms with Gasteiger partial charge in [0.25, 0.3) is 0 Å². The molecule has 4 aliphatic rings. The maximum Gasteiger partial charge on any atom is 0.411 e. The summed E-state index contributed by atoms with van der Waals surface area (Å²) in [4.78, 5) is 47.1. The summed E-state index contributed by atoms with van der Waals surface area (Å²) in [5.74, 6) is 9.29. The largest absolute Gasteiger partial charge is 0.445 e. The third-order valence-corrected chi connectivity index (χ3v) is 11.2. The number of imidazole rings is 2. The van der Waals surface area contributed by atoms with Crippen LogP contribution in [0.4, 0.5) is 9.59 Å². The Labute approximate surface area is 306 Å². The molecular weight excluding hydrogens is 665 g/mol. The number of fused-ring (bicyclic) bond motifs is 6. The van der Waals surface area contributed by atoms with Crippen LogP contribution in [0.2, 0.25) is 0 Å². The van der Waals surface area contributed by atoms with Crippen LogP contribution in [0.25, 0.3) is 32.8 Å². The van der Waals surface area contributed by atoms with Crippen molar-refractivity contribution in [1.82, 2.24) is 29.7 Å². The van der Waals surface area contributed by atoms with Crippen LogP contribution < -0.4 is 0 Å². The standard InChI is InChI=1S/C43H40N6O4/c1-43(2,3)53-42(51)49-35-20-29(35)21-36(49)39-44-31-15-12-25(18-33(31)46-39)10-9-24-11-14-30-27(17-24)13-16-32-38(30)47-40(45-32)37-22-28-19-34(28)48(37)41(50)52-23-26-7-5-4-6-8-26/h4-8,11-18,28-29,34-37H,19-23H2,1-3H3,(H,44,46)(H,45,47)/t28-,29?,34-,35?,36+,37+/m1/s1. The van der Waals surface area contributed by atoms with Crippen LogP contribution in [0, 0.1) is 23.7 Å². The maximum absolute atomic E-state index is 13.3. The van der Waals surface area contributed by atoms with E-state index in [-0.39, 0.29) is 43.0 Å². The minimum absolute atomic E-state index is 0.116. The molecule has 0 spiro atoms. The second-order valence-corrected chi connectivity index (χ2v) is 16.1. The number of hydrogen-bond acceptors (Lipinski definition) is 6. The molecule has 266 valence electrons. The zero-order valence-electron chi connectivity index (χ0n) is 29.9. The van der Waals surface area contributed by atoms with Crippen LogP contribution in [0.1, 0.15) is 86.9 Å². The van der Waals surface area contributed by atoms with Gasteiger partial charge in [-0.1, -0.05) is 54.3 Å². The van der Waals surface area contributed by atoms with Crippen molar-refractivity contribution in [3.8, 4) is 11.8 Å². The van der Waals surface area contributed by atoms with Gasteiger partial charge in [0.05, 0.1) is 34.2 Å². The van der Waals surface area contributed by atoms with Gasteiger partial charge in [-0.15, -0.1) is 0 Å². The maximum atomic E-state index is 13.3. The first-order valence-corrected chi connectivity index (χ1v) is 18.6. The lowest BCUT2D eigenvalue weighted by Crippen LogP contribution is -2.38. The van der Waals surface area contributed by atoms with E-state index in [1.807, 2.05) is 85.2 Å². The second-order valence-electron chi connectivity index (χ2n) is 16.1. The Balaban J connectivity index is 0.868. The number of H-pyrrole nitrogens is 2. The lowest BCUT2D eigenvalue weighted by Gasteiger charge is -2.29. The van der Waals surface area contributed by atoms with Crippen molar-refractivity contribution in [3.63, 3.8) is 0 Å². The highest BCUT2D eigenvalue weighted by Gasteiger charge is 2.57. The van der Waals surface area contributed by atoms with Gasteiger partial charge in [0.15, 0.2) is 0 Å². The van der Waals surface area contributed by atoms with Crippen molar-refractivity contribution >= 4 is 45.0 Å². The Bertz CT molecular complexity index is 2500. The van der Waals surface area contributed by atoms with Gasteiger partial charge >= 0.3 is 12.2 Å². The highest BCUT2D eigenvalue weighted by Crippen LogP contribution is 2.54. The number of amides is 2. The fourth-order valence-corrected chi connectivity index (χ4v) is 8.50. The summed E-state index contributed by atoms with van der Waals surface area (Å²) in [5.41, 5.74) is 5.79.